The van der Waals surface area contributed by atoms with Gasteiger partial charge in [-0.25, -0.2) is 0 Å². The SMILES string of the molecule is CCNC(=O)COCCC1CCCNC1. The van der Waals surface area contributed by atoms with Crippen LogP contribution >= 0.6 is 0 Å². The lowest BCUT2D eigenvalue weighted by Gasteiger charge is -2.22. The largest absolute Gasteiger partial charge is 0.372 e. The van der Waals surface area contributed by atoms with Crippen LogP contribution in [0.3, 0.4) is 0 Å². The molecule has 0 aromatic heterocycles. The summed E-state index contributed by atoms with van der Waals surface area (Å²) in [6, 6.07) is 0. The molecule has 88 valence electrons. The van der Waals surface area contributed by atoms with Crippen molar-refractivity contribution in [2.45, 2.75) is 26.2 Å². The second kappa shape index (κ2) is 7.65. The highest BCUT2D eigenvalue weighted by Gasteiger charge is 2.12. The lowest BCUT2D eigenvalue weighted by Crippen LogP contribution is -2.31. The average molecular weight is 214 g/mol. The second-order valence-corrected chi connectivity index (χ2v) is 4.01. The highest BCUT2D eigenvalue weighted by Crippen LogP contribution is 2.13. The van der Waals surface area contributed by atoms with Gasteiger partial charge in [0.05, 0.1) is 0 Å². The molecule has 2 N–H and O–H groups in total. The fourth-order valence-electron chi connectivity index (χ4n) is 1.83. The smallest absolute Gasteiger partial charge is 0.245 e. The summed E-state index contributed by atoms with van der Waals surface area (Å²) in [6.07, 6.45) is 3.62. The summed E-state index contributed by atoms with van der Waals surface area (Å²) in [5.74, 6) is 0.715. The molecular formula is C11H22N2O2. The van der Waals surface area contributed by atoms with E-state index in [2.05, 4.69) is 10.6 Å². The van der Waals surface area contributed by atoms with Gasteiger partial charge in [-0.2, -0.15) is 0 Å². The summed E-state index contributed by atoms with van der Waals surface area (Å²) in [4.78, 5) is 11.0. The molecule has 0 bridgehead atoms. The van der Waals surface area contributed by atoms with Gasteiger partial charge in [0.25, 0.3) is 0 Å². The Kier molecular flexibility index (Phi) is 6.36. The molecular weight excluding hydrogens is 192 g/mol. The fraction of sp³-hybridized carbons (Fsp3) is 0.909. The van der Waals surface area contributed by atoms with Gasteiger partial charge in [0, 0.05) is 13.2 Å². The lowest BCUT2D eigenvalue weighted by molar-refractivity contribution is -0.125. The van der Waals surface area contributed by atoms with Gasteiger partial charge in [0.15, 0.2) is 0 Å². The fourth-order valence-corrected chi connectivity index (χ4v) is 1.83. The van der Waals surface area contributed by atoms with Gasteiger partial charge in [-0.1, -0.05) is 0 Å². The summed E-state index contributed by atoms with van der Waals surface area (Å²) in [5, 5.41) is 6.08. The molecule has 1 aliphatic heterocycles. The molecule has 1 fully saturated rings. The van der Waals surface area contributed by atoms with Gasteiger partial charge in [-0.15, -0.1) is 0 Å². The number of likely N-dealkylation sites (N-methyl/N-ethyl adjacent to an activating group) is 1. The Morgan fingerprint density at radius 1 is 1.60 bits per heavy atom. The van der Waals surface area contributed by atoms with Gasteiger partial charge in [0.1, 0.15) is 6.61 Å². The molecule has 1 rings (SSSR count). The third-order valence-corrected chi connectivity index (χ3v) is 2.68. The third kappa shape index (κ3) is 5.74. The molecule has 1 aliphatic rings. The first-order valence-corrected chi connectivity index (χ1v) is 5.88. The quantitative estimate of drug-likeness (QED) is 0.634. The van der Waals surface area contributed by atoms with Gasteiger partial charge < -0.3 is 15.4 Å². The van der Waals surface area contributed by atoms with Crippen molar-refractivity contribution in [2.75, 3.05) is 32.8 Å². The Bertz CT molecular complexity index is 179. The van der Waals surface area contributed by atoms with Crippen molar-refractivity contribution in [3.63, 3.8) is 0 Å². The van der Waals surface area contributed by atoms with E-state index in [0.717, 1.165) is 25.4 Å². The Balaban J connectivity index is 1.93. The number of hydrogen-bond donors (Lipinski definition) is 2. The molecule has 0 aromatic rings. The van der Waals surface area contributed by atoms with Crippen LogP contribution in [0.1, 0.15) is 26.2 Å². The first kappa shape index (κ1) is 12.5. The molecule has 15 heavy (non-hydrogen) atoms. The zero-order valence-corrected chi connectivity index (χ0v) is 9.55. The molecule has 0 aliphatic carbocycles. The molecule has 1 atom stereocenters. The van der Waals surface area contributed by atoms with Crippen LogP contribution in [0.2, 0.25) is 0 Å². The van der Waals surface area contributed by atoms with E-state index < -0.39 is 0 Å². The summed E-state index contributed by atoms with van der Waals surface area (Å²) in [5.41, 5.74) is 0. The summed E-state index contributed by atoms with van der Waals surface area (Å²) in [7, 11) is 0. The Labute approximate surface area is 91.8 Å². The van der Waals surface area contributed by atoms with E-state index in [0.29, 0.717) is 13.2 Å². The molecule has 4 heteroatoms. The first-order chi connectivity index (χ1) is 7.33. The minimum atomic E-state index is -0.0146. The molecule has 1 unspecified atom stereocenters. The third-order valence-electron chi connectivity index (χ3n) is 2.68. The maximum absolute atomic E-state index is 11.0. The van der Waals surface area contributed by atoms with Crippen molar-refractivity contribution in [1.82, 2.24) is 10.6 Å². The van der Waals surface area contributed by atoms with E-state index in [4.69, 9.17) is 4.74 Å². The van der Waals surface area contributed by atoms with Crippen molar-refractivity contribution >= 4 is 5.91 Å². The molecule has 0 spiro atoms. The standard InChI is InChI=1S/C11H22N2O2/c1-2-13-11(14)9-15-7-5-10-4-3-6-12-8-10/h10,12H,2-9H2,1H3,(H,13,14). The lowest BCUT2D eigenvalue weighted by atomic mass is 9.97. The van der Waals surface area contributed by atoms with Crippen LogP contribution in [0.25, 0.3) is 0 Å². The highest BCUT2D eigenvalue weighted by molar-refractivity contribution is 5.77. The van der Waals surface area contributed by atoms with Crippen molar-refractivity contribution < 1.29 is 9.53 Å². The zero-order valence-electron chi connectivity index (χ0n) is 9.55. The molecule has 1 amide bonds. The monoisotopic (exact) mass is 214 g/mol. The Morgan fingerprint density at radius 2 is 2.47 bits per heavy atom. The van der Waals surface area contributed by atoms with E-state index in [-0.39, 0.29) is 12.5 Å². The Morgan fingerprint density at radius 3 is 3.13 bits per heavy atom. The molecule has 0 saturated carbocycles. The number of piperidine rings is 1. The van der Waals surface area contributed by atoms with Crippen LogP contribution in [0.5, 0.6) is 0 Å². The van der Waals surface area contributed by atoms with Gasteiger partial charge in [-0.05, 0) is 45.2 Å². The zero-order chi connectivity index (χ0) is 10.9. The number of hydrogen-bond acceptors (Lipinski definition) is 3. The average Bonchev–Trinajstić information content (AvgIpc) is 2.26. The summed E-state index contributed by atoms with van der Waals surface area (Å²) >= 11 is 0. The van der Waals surface area contributed by atoms with Crippen molar-refractivity contribution in [2.24, 2.45) is 5.92 Å². The van der Waals surface area contributed by atoms with E-state index in [9.17, 15) is 4.79 Å². The summed E-state index contributed by atoms with van der Waals surface area (Å²) < 4.78 is 5.31. The number of nitrogens with one attached hydrogen (secondary N) is 2. The van der Waals surface area contributed by atoms with E-state index >= 15 is 0 Å². The van der Waals surface area contributed by atoms with Gasteiger partial charge >= 0.3 is 0 Å². The van der Waals surface area contributed by atoms with Crippen molar-refractivity contribution in [3.8, 4) is 0 Å². The number of amides is 1. The van der Waals surface area contributed by atoms with Gasteiger partial charge in [0.2, 0.25) is 5.91 Å². The minimum Gasteiger partial charge on any atom is -0.372 e. The predicted molar refractivity (Wildman–Crippen MR) is 59.7 cm³/mol. The molecule has 0 radical (unpaired) electrons. The van der Waals surface area contributed by atoms with Crippen LogP contribution < -0.4 is 10.6 Å². The highest BCUT2D eigenvalue weighted by atomic mass is 16.5. The van der Waals surface area contributed by atoms with Crippen LogP contribution in [0, 0.1) is 5.92 Å². The molecule has 0 aromatic carbocycles. The van der Waals surface area contributed by atoms with E-state index in [1.807, 2.05) is 6.92 Å². The first-order valence-electron chi connectivity index (χ1n) is 5.88. The maximum atomic E-state index is 11.0. The number of ether oxygens (including phenoxy) is 1. The number of carbonyl (C=O) groups excluding carboxylic acids is 1. The minimum absolute atomic E-state index is 0.0146. The predicted octanol–water partition coefficient (Wildman–Crippen LogP) is 0.529. The molecule has 1 saturated heterocycles. The van der Waals surface area contributed by atoms with Crippen LogP contribution in [0.15, 0.2) is 0 Å². The molecule has 4 nitrogen and oxygen atoms in total. The number of carbonyl (C=O) groups is 1. The van der Waals surface area contributed by atoms with Crippen LogP contribution in [-0.2, 0) is 9.53 Å². The Hall–Kier alpha value is -0.610. The van der Waals surface area contributed by atoms with Crippen LogP contribution in [-0.4, -0.2) is 38.8 Å². The molecule has 1 heterocycles. The normalized spacial score (nSPS) is 21.3. The van der Waals surface area contributed by atoms with Crippen molar-refractivity contribution in [3.05, 3.63) is 0 Å². The van der Waals surface area contributed by atoms with Crippen LogP contribution in [0.4, 0.5) is 0 Å². The number of rotatable bonds is 6. The topological polar surface area (TPSA) is 50.4 Å². The van der Waals surface area contributed by atoms with E-state index in [1.54, 1.807) is 0 Å². The van der Waals surface area contributed by atoms with Crippen molar-refractivity contribution in [1.29, 1.82) is 0 Å². The van der Waals surface area contributed by atoms with Gasteiger partial charge in [-0.3, -0.25) is 4.79 Å². The summed E-state index contributed by atoms with van der Waals surface area (Å²) in [6.45, 7) is 5.73. The maximum Gasteiger partial charge on any atom is 0.245 e. The van der Waals surface area contributed by atoms with E-state index in [1.165, 1.54) is 12.8 Å². The second-order valence-electron chi connectivity index (χ2n) is 4.01.